The van der Waals surface area contributed by atoms with Crippen LogP contribution in [0.3, 0.4) is 0 Å². The Labute approximate surface area is 106 Å². The van der Waals surface area contributed by atoms with Crippen molar-refractivity contribution in [2.24, 2.45) is 0 Å². The molecule has 1 aromatic carbocycles. The number of methoxy groups -OCH3 is 1. The van der Waals surface area contributed by atoms with Crippen molar-refractivity contribution in [3.63, 3.8) is 0 Å². The average molecular weight is 248 g/mol. The van der Waals surface area contributed by atoms with Gasteiger partial charge in [-0.25, -0.2) is 0 Å². The highest BCUT2D eigenvalue weighted by molar-refractivity contribution is 5.67. The Morgan fingerprint density at radius 1 is 1.33 bits per heavy atom. The molecule has 4 nitrogen and oxygen atoms in total. The zero-order valence-electron chi connectivity index (χ0n) is 10.5. The summed E-state index contributed by atoms with van der Waals surface area (Å²) < 4.78 is 15.1. The van der Waals surface area contributed by atoms with Crippen LogP contribution in [0.4, 0.5) is 0 Å². The van der Waals surface area contributed by atoms with Crippen LogP contribution >= 0.6 is 0 Å². The first-order chi connectivity index (χ1) is 8.63. The minimum absolute atomic E-state index is 0.168. The number of carbonyl (C=O) groups excluding carboxylic acids is 1. The Balaban J connectivity index is 2.60. The molecule has 0 N–H and O–H groups in total. The van der Waals surface area contributed by atoms with E-state index >= 15 is 0 Å². The van der Waals surface area contributed by atoms with Crippen molar-refractivity contribution in [3.05, 3.63) is 60.3 Å². The maximum Gasteiger partial charge on any atom is 0.308 e. The van der Waals surface area contributed by atoms with Gasteiger partial charge in [0.1, 0.15) is 12.9 Å². The van der Waals surface area contributed by atoms with Gasteiger partial charge in [0.2, 0.25) is 5.76 Å². The van der Waals surface area contributed by atoms with E-state index < -0.39 is 5.97 Å². The number of rotatable bonds is 6. The lowest BCUT2D eigenvalue weighted by atomic mass is 10.2. The minimum Gasteiger partial charge on any atom is -0.493 e. The van der Waals surface area contributed by atoms with E-state index in [2.05, 4.69) is 6.58 Å². The highest BCUT2D eigenvalue weighted by Crippen LogP contribution is 2.11. The number of benzene rings is 1. The van der Waals surface area contributed by atoms with Gasteiger partial charge in [-0.1, -0.05) is 36.9 Å². The van der Waals surface area contributed by atoms with Crippen molar-refractivity contribution < 1.29 is 19.0 Å². The highest BCUT2D eigenvalue weighted by atomic mass is 16.6. The van der Waals surface area contributed by atoms with E-state index in [4.69, 9.17) is 14.2 Å². The predicted octanol–water partition coefficient (Wildman–Crippen LogP) is 2.77. The molecule has 0 aliphatic carbocycles. The van der Waals surface area contributed by atoms with Crippen LogP contribution in [-0.4, -0.2) is 13.1 Å². The predicted molar refractivity (Wildman–Crippen MR) is 67.2 cm³/mol. The normalized spacial score (nSPS) is 10.7. The molecule has 96 valence electrons. The van der Waals surface area contributed by atoms with Crippen molar-refractivity contribution in [2.75, 3.05) is 7.11 Å². The second-order valence-electron chi connectivity index (χ2n) is 3.50. The molecule has 0 heterocycles. The maximum atomic E-state index is 10.9. The van der Waals surface area contributed by atoms with Crippen molar-refractivity contribution in [2.45, 2.75) is 13.5 Å². The minimum atomic E-state index is -0.456. The largest absolute Gasteiger partial charge is 0.493 e. The molecule has 0 saturated heterocycles. The molecule has 0 spiro atoms. The fourth-order valence-corrected chi connectivity index (χ4v) is 1.19. The molecule has 0 unspecified atom stereocenters. The van der Waals surface area contributed by atoms with Crippen LogP contribution in [0.25, 0.3) is 0 Å². The second-order valence-corrected chi connectivity index (χ2v) is 3.50. The Morgan fingerprint density at radius 2 is 2.00 bits per heavy atom. The summed E-state index contributed by atoms with van der Waals surface area (Å²) >= 11 is 0. The van der Waals surface area contributed by atoms with Gasteiger partial charge in [0.25, 0.3) is 0 Å². The molecule has 0 atom stereocenters. The van der Waals surface area contributed by atoms with E-state index in [9.17, 15) is 4.79 Å². The molecule has 0 aliphatic heterocycles. The summed E-state index contributed by atoms with van der Waals surface area (Å²) in [5.41, 5.74) is 1.01. The fourth-order valence-electron chi connectivity index (χ4n) is 1.19. The fraction of sp³-hybridized carbons (Fsp3) is 0.214. The molecule has 1 aromatic rings. The third-order valence-corrected chi connectivity index (χ3v) is 2.06. The third kappa shape index (κ3) is 4.74. The first-order valence-corrected chi connectivity index (χ1v) is 5.41. The van der Waals surface area contributed by atoms with Crippen LogP contribution < -0.4 is 0 Å². The molecule has 0 aliphatic rings. The van der Waals surface area contributed by atoms with Crippen molar-refractivity contribution in [3.8, 4) is 0 Å². The molecule has 0 amide bonds. The van der Waals surface area contributed by atoms with Gasteiger partial charge in [0.15, 0.2) is 5.76 Å². The van der Waals surface area contributed by atoms with Gasteiger partial charge in [-0.3, -0.25) is 4.79 Å². The zero-order chi connectivity index (χ0) is 13.4. The zero-order valence-corrected chi connectivity index (χ0v) is 10.5. The molecule has 0 saturated carbocycles. The van der Waals surface area contributed by atoms with Gasteiger partial charge in [-0.15, -0.1) is 0 Å². The van der Waals surface area contributed by atoms with Crippen LogP contribution in [0.15, 0.2) is 54.7 Å². The Hall–Kier alpha value is -2.23. The van der Waals surface area contributed by atoms with Crippen LogP contribution in [-0.2, 0) is 25.6 Å². The third-order valence-electron chi connectivity index (χ3n) is 2.06. The molecule has 1 rings (SSSR count). The van der Waals surface area contributed by atoms with Crippen molar-refractivity contribution in [1.29, 1.82) is 0 Å². The summed E-state index contributed by atoms with van der Waals surface area (Å²) in [5.74, 6) is -0.0537. The van der Waals surface area contributed by atoms with E-state index in [1.54, 1.807) is 0 Å². The van der Waals surface area contributed by atoms with Gasteiger partial charge in [0.05, 0.1) is 7.11 Å². The molecule has 18 heavy (non-hydrogen) atoms. The lowest BCUT2D eigenvalue weighted by Crippen LogP contribution is -2.03. The molecule has 0 radical (unpaired) electrons. The quantitative estimate of drug-likeness (QED) is 0.441. The summed E-state index contributed by atoms with van der Waals surface area (Å²) in [5, 5.41) is 0. The standard InChI is InChI=1S/C14H16O4/c1-11(16-3)14(18-12(2)15)10-17-9-13-7-5-4-6-8-13/h4-8,10H,1,9H2,2-3H3/b14-10-. The SMILES string of the molecule is C=C(OC)/C(=C/OCc1ccccc1)OC(C)=O. The van der Waals surface area contributed by atoms with E-state index in [1.807, 2.05) is 30.3 Å². The van der Waals surface area contributed by atoms with Crippen LogP contribution in [0, 0.1) is 0 Å². The Morgan fingerprint density at radius 3 is 2.56 bits per heavy atom. The summed E-state index contributed by atoms with van der Waals surface area (Å²) in [4.78, 5) is 10.9. The number of hydrogen-bond acceptors (Lipinski definition) is 4. The van der Waals surface area contributed by atoms with Gasteiger partial charge < -0.3 is 14.2 Å². The van der Waals surface area contributed by atoms with E-state index in [0.29, 0.717) is 6.61 Å². The lowest BCUT2D eigenvalue weighted by molar-refractivity contribution is -0.137. The van der Waals surface area contributed by atoms with Crippen LogP contribution in [0.5, 0.6) is 0 Å². The molecular weight excluding hydrogens is 232 g/mol. The summed E-state index contributed by atoms with van der Waals surface area (Å²) in [6, 6.07) is 9.64. The van der Waals surface area contributed by atoms with Gasteiger partial charge in [-0.05, 0) is 5.56 Å². The Bertz CT molecular complexity index is 434. The number of hydrogen-bond donors (Lipinski definition) is 0. The van der Waals surface area contributed by atoms with Gasteiger partial charge in [-0.2, -0.15) is 0 Å². The lowest BCUT2D eigenvalue weighted by Gasteiger charge is -2.09. The van der Waals surface area contributed by atoms with E-state index in [1.165, 1.54) is 20.3 Å². The van der Waals surface area contributed by atoms with Gasteiger partial charge in [0, 0.05) is 6.92 Å². The smallest absolute Gasteiger partial charge is 0.308 e. The number of esters is 1. The maximum absolute atomic E-state index is 10.9. The van der Waals surface area contributed by atoms with Crippen molar-refractivity contribution >= 4 is 5.97 Å². The summed E-state index contributed by atoms with van der Waals surface area (Å²) in [6.07, 6.45) is 1.32. The van der Waals surface area contributed by atoms with Crippen LogP contribution in [0.2, 0.25) is 0 Å². The summed E-state index contributed by atoms with van der Waals surface area (Å²) in [7, 11) is 1.44. The number of ether oxygens (including phenoxy) is 3. The second kappa shape index (κ2) is 7.17. The molecule has 0 fully saturated rings. The topological polar surface area (TPSA) is 44.8 Å². The van der Waals surface area contributed by atoms with Crippen molar-refractivity contribution in [1.82, 2.24) is 0 Å². The molecule has 4 heteroatoms. The van der Waals surface area contributed by atoms with Gasteiger partial charge >= 0.3 is 5.97 Å². The highest BCUT2D eigenvalue weighted by Gasteiger charge is 2.08. The molecular formula is C14H16O4. The van der Waals surface area contributed by atoms with Crippen LogP contribution in [0.1, 0.15) is 12.5 Å². The molecule has 0 bridgehead atoms. The van der Waals surface area contributed by atoms with E-state index in [-0.39, 0.29) is 11.5 Å². The van der Waals surface area contributed by atoms with E-state index in [0.717, 1.165) is 5.56 Å². The Kier molecular flexibility index (Phi) is 5.51. The summed E-state index contributed by atoms with van der Waals surface area (Å²) in [6.45, 7) is 5.28. The average Bonchev–Trinajstić information content (AvgIpc) is 2.37. The first-order valence-electron chi connectivity index (χ1n) is 5.41. The molecule has 0 aromatic heterocycles. The first kappa shape index (κ1) is 13.8. The number of carbonyl (C=O) groups is 1. The monoisotopic (exact) mass is 248 g/mol.